The fraction of sp³-hybridized carbons (Fsp3) is 0.600. The van der Waals surface area contributed by atoms with Crippen molar-refractivity contribution in [2.75, 3.05) is 6.61 Å². The van der Waals surface area contributed by atoms with Crippen LogP contribution in [0.2, 0.25) is 0 Å². The van der Waals surface area contributed by atoms with Crippen molar-refractivity contribution in [3.8, 4) is 0 Å². The number of benzene rings is 1. The standard InChI is InChI=1S/C20H32O/c1-6-17(2)9-7-15-20(4,5)21-16-8-10-19-13-11-18(3)12-14-19/h8,10-14,17H,6-7,9,15-16H2,1-5H3/b10-8+. The van der Waals surface area contributed by atoms with Crippen LogP contribution in [0.15, 0.2) is 30.3 Å². The molecule has 0 amide bonds. The summed E-state index contributed by atoms with van der Waals surface area (Å²) in [4.78, 5) is 0. The molecule has 1 unspecified atom stereocenters. The number of aryl methyl sites for hydroxylation is 1. The zero-order valence-electron chi connectivity index (χ0n) is 14.5. The molecule has 0 radical (unpaired) electrons. The lowest BCUT2D eigenvalue weighted by Gasteiger charge is -2.25. The molecule has 0 aromatic heterocycles. The lowest BCUT2D eigenvalue weighted by Crippen LogP contribution is -2.24. The van der Waals surface area contributed by atoms with E-state index in [1.165, 1.54) is 30.4 Å². The Morgan fingerprint density at radius 2 is 1.86 bits per heavy atom. The Labute approximate surface area is 131 Å². The Kier molecular flexibility index (Phi) is 7.74. The molecule has 0 N–H and O–H groups in total. The quantitative estimate of drug-likeness (QED) is 0.540. The van der Waals surface area contributed by atoms with Crippen LogP contribution < -0.4 is 0 Å². The highest BCUT2D eigenvalue weighted by atomic mass is 16.5. The van der Waals surface area contributed by atoms with E-state index in [1.54, 1.807) is 0 Å². The number of rotatable bonds is 9. The van der Waals surface area contributed by atoms with E-state index in [-0.39, 0.29) is 5.60 Å². The maximum absolute atomic E-state index is 6.00. The fourth-order valence-electron chi connectivity index (χ4n) is 2.29. The molecule has 118 valence electrons. The van der Waals surface area contributed by atoms with Crippen LogP contribution in [0, 0.1) is 12.8 Å². The molecule has 0 saturated heterocycles. The topological polar surface area (TPSA) is 9.23 Å². The highest BCUT2D eigenvalue weighted by molar-refractivity contribution is 5.49. The van der Waals surface area contributed by atoms with E-state index in [0.717, 1.165) is 12.3 Å². The van der Waals surface area contributed by atoms with Crippen LogP contribution in [0.4, 0.5) is 0 Å². The van der Waals surface area contributed by atoms with Crippen LogP contribution in [0.5, 0.6) is 0 Å². The number of hydrogen-bond acceptors (Lipinski definition) is 1. The lowest BCUT2D eigenvalue weighted by atomic mass is 9.95. The summed E-state index contributed by atoms with van der Waals surface area (Å²) >= 11 is 0. The minimum atomic E-state index is -0.0227. The summed E-state index contributed by atoms with van der Waals surface area (Å²) < 4.78 is 6.00. The maximum atomic E-state index is 6.00. The van der Waals surface area contributed by atoms with Crippen molar-refractivity contribution >= 4 is 6.08 Å². The Hall–Kier alpha value is -1.08. The molecule has 0 fully saturated rings. The second-order valence-corrected chi connectivity index (χ2v) is 6.79. The van der Waals surface area contributed by atoms with Crippen molar-refractivity contribution in [3.05, 3.63) is 41.5 Å². The molecule has 1 aromatic carbocycles. The van der Waals surface area contributed by atoms with E-state index in [4.69, 9.17) is 4.74 Å². The number of hydrogen-bond donors (Lipinski definition) is 0. The van der Waals surface area contributed by atoms with Gasteiger partial charge in [0.15, 0.2) is 0 Å². The third kappa shape index (κ3) is 8.06. The van der Waals surface area contributed by atoms with E-state index in [9.17, 15) is 0 Å². The van der Waals surface area contributed by atoms with Gasteiger partial charge in [-0.15, -0.1) is 0 Å². The van der Waals surface area contributed by atoms with E-state index in [2.05, 4.69) is 71.0 Å². The van der Waals surface area contributed by atoms with Gasteiger partial charge in [0.05, 0.1) is 12.2 Å². The van der Waals surface area contributed by atoms with Crippen LogP contribution in [0.1, 0.15) is 64.5 Å². The summed E-state index contributed by atoms with van der Waals surface area (Å²) in [6.07, 6.45) is 9.22. The van der Waals surface area contributed by atoms with Crippen LogP contribution in [-0.2, 0) is 4.74 Å². The maximum Gasteiger partial charge on any atom is 0.0657 e. The molecule has 0 aliphatic rings. The first-order valence-electron chi connectivity index (χ1n) is 8.30. The van der Waals surface area contributed by atoms with Gasteiger partial charge in [-0.25, -0.2) is 0 Å². The van der Waals surface area contributed by atoms with Gasteiger partial charge in [-0.1, -0.05) is 75.1 Å². The first kappa shape index (κ1) is 18.0. The highest BCUT2D eigenvalue weighted by Gasteiger charge is 2.17. The van der Waals surface area contributed by atoms with Gasteiger partial charge in [0, 0.05) is 0 Å². The van der Waals surface area contributed by atoms with Gasteiger partial charge in [-0.2, -0.15) is 0 Å². The van der Waals surface area contributed by atoms with Crippen molar-refractivity contribution in [2.45, 2.75) is 65.9 Å². The largest absolute Gasteiger partial charge is 0.372 e. The van der Waals surface area contributed by atoms with Gasteiger partial charge in [0.25, 0.3) is 0 Å². The molecular formula is C20H32O. The molecule has 1 aromatic rings. The van der Waals surface area contributed by atoms with Crippen molar-refractivity contribution in [3.63, 3.8) is 0 Å². The normalized spacial score (nSPS) is 13.8. The highest BCUT2D eigenvalue weighted by Crippen LogP contribution is 2.21. The van der Waals surface area contributed by atoms with Crippen LogP contribution in [-0.4, -0.2) is 12.2 Å². The average Bonchev–Trinajstić information content (AvgIpc) is 2.45. The van der Waals surface area contributed by atoms with Crippen molar-refractivity contribution in [1.29, 1.82) is 0 Å². The zero-order chi connectivity index (χ0) is 15.7. The molecule has 0 heterocycles. The molecule has 0 saturated carbocycles. The molecule has 21 heavy (non-hydrogen) atoms. The van der Waals surface area contributed by atoms with E-state index in [0.29, 0.717) is 6.61 Å². The molecule has 0 bridgehead atoms. The summed E-state index contributed by atoms with van der Waals surface area (Å²) in [7, 11) is 0. The third-order valence-electron chi connectivity index (χ3n) is 4.13. The molecule has 1 atom stereocenters. The summed E-state index contributed by atoms with van der Waals surface area (Å²) in [5.74, 6) is 0.835. The monoisotopic (exact) mass is 288 g/mol. The summed E-state index contributed by atoms with van der Waals surface area (Å²) in [6.45, 7) is 11.8. The van der Waals surface area contributed by atoms with E-state index in [1.807, 2.05) is 0 Å². The van der Waals surface area contributed by atoms with E-state index < -0.39 is 0 Å². The number of ether oxygens (including phenoxy) is 1. The molecule has 0 aliphatic heterocycles. The minimum Gasteiger partial charge on any atom is -0.372 e. The first-order chi connectivity index (χ1) is 9.93. The van der Waals surface area contributed by atoms with Gasteiger partial charge in [-0.3, -0.25) is 0 Å². The van der Waals surface area contributed by atoms with Gasteiger partial charge in [-0.05, 0) is 38.7 Å². The van der Waals surface area contributed by atoms with Crippen molar-refractivity contribution in [2.24, 2.45) is 5.92 Å². The predicted molar refractivity (Wildman–Crippen MR) is 93.6 cm³/mol. The van der Waals surface area contributed by atoms with Crippen LogP contribution in [0.3, 0.4) is 0 Å². The Balaban J connectivity index is 2.27. The van der Waals surface area contributed by atoms with Gasteiger partial charge in [0.1, 0.15) is 0 Å². The molecule has 1 heteroatoms. The minimum absolute atomic E-state index is 0.0227. The van der Waals surface area contributed by atoms with Crippen LogP contribution >= 0.6 is 0 Å². The van der Waals surface area contributed by atoms with Gasteiger partial charge in [0.2, 0.25) is 0 Å². The van der Waals surface area contributed by atoms with E-state index >= 15 is 0 Å². The Morgan fingerprint density at radius 3 is 2.48 bits per heavy atom. The second kappa shape index (κ2) is 9.04. The second-order valence-electron chi connectivity index (χ2n) is 6.79. The van der Waals surface area contributed by atoms with Gasteiger partial charge >= 0.3 is 0 Å². The van der Waals surface area contributed by atoms with Crippen molar-refractivity contribution in [1.82, 2.24) is 0 Å². The third-order valence-corrected chi connectivity index (χ3v) is 4.13. The summed E-state index contributed by atoms with van der Waals surface area (Å²) in [5, 5.41) is 0. The van der Waals surface area contributed by atoms with Crippen LogP contribution in [0.25, 0.3) is 6.08 Å². The summed E-state index contributed by atoms with van der Waals surface area (Å²) in [5.41, 5.74) is 2.51. The first-order valence-corrected chi connectivity index (χ1v) is 8.30. The van der Waals surface area contributed by atoms with Crippen molar-refractivity contribution < 1.29 is 4.74 Å². The molecule has 1 nitrogen and oxygen atoms in total. The lowest BCUT2D eigenvalue weighted by molar-refractivity contribution is -0.00936. The molecule has 0 spiro atoms. The predicted octanol–water partition coefficient (Wildman–Crippen LogP) is 6.02. The Bertz CT molecular complexity index is 414. The molecular weight excluding hydrogens is 256 g/mol. The Morgan fingerprint density at radius 1 is 1.19 bits per heavy atom. The zero-order valence-corrected chi connectivity index (χ0v) is 14.5. The smallest absolute Gasteiger partial charge is 0.0657 e. The summed E-state index contributed by atoms with van der Waals surface area (Å²) in [6, 6.07) is 8.56. The SMILES string of the molecule is CCC(C)CCCC(C)(C)OC/C=C/c1ccc(C)cc1. The molecule has 0 aliphatic carbocycles. The fourth-order valence-corrected chi connectivity index (χ4v) is 2.29. The molecule has 1 rings (SSSR count). The average molecular weight is 288 g/mol. The van der Waals surface area contributed by atoms with Gasteiger partial charge < -0.3 is 4.74 Å².